The van der Waals surface area contributed by atoms with Gasteiger partial charge in [-0.05, 0) is 106 Å². The first-order valence-electron chi connectivity index (χ1n) is 14.8. The molecule has 5 nitrogen and oxygen atoms in total. The van der Waals surface area contributed by atoms with Gasteiger partial charge in [-0.1, -0.05) is 37.3 Å². The molecule has 0 saturated heterocycles. The molecule has 41 heavy (non-hydrogen) atoms. The molecule has 1 fully saturated rings. The summed E-state index contributed by atoms with van der Waals surface area (Å²) in [5.74, 6) is 1.99. The second-order valence-corrected chi connectivity index (χ2v) is 12.9. The molecule has 0 N–H and O–H groups in total. The van der Waals surface area contributed by atoms with Crippen LogP contribution in [-0.4, -0.2) is 35.4 Å². The van der Waals surface area contributed by atoms with Gasteiger partial charge < -0.3 is 9.47 Å². The summed E-state index contributed by atoms with van der Waals surface area (Å²) in [6, 6.07) is 14.5. The number of carbonyl (C=O) groups is 1. The number of aryl methyl sites for hydroxylation is 1. The van der Waals surface area contributed by atoms with Crippen molar-refractivity contribution in [1.82, 2.24) is 9.88 Å². The molecule has 3 atom stereocenters. The maximum Gasteiger partial charge on any atom is 0.213 e. The van der Waals surface area contributed by atoms with Crippen molar-refractivity contribution in [3.63, 3.8) is 0 Å². The van der Waals surface area contributed by atoms with Gasteiger partial charge in [0, 0.05) is 29.6 Å². The lowest BCUT2D eigenvalue weighted by atomic mass is 9.80. The Morgan fingerprint density at radius 2 is 1.88 bits per heavy atom. The van der Waals surface area contributed by atoms with Crippen molar-refractivity contribution in [2.45, 2.75) is 84.4 Å². The number of ketones is 1. The van der Waals surface area contributed by atoms with Crippen LogP contribution < -0.4 is 9.47 Å². The third kappa shape index (κ3) is 6.33. The molecule has 1 aliphatic heterocycles. The summed E-state index contributed by atoms with van der Waals surface area (Å²) in [6.45, 7) is 10.9. The first kappa shape index (κ1) is 29.2. The topological polar surface area (TPSA) is 51.7 Å². The van der Waals surface area contributed by atoms with E-state index in [1.807, 2.05) is 6.07 Å². The standard InChI is InChI=1S/C35H43FN2O3/c1-21(22(2)39)34(24-9-10-24)26-11-8-23-13-15-31(41-32(23)17-26)25-12-14-28(27(16-25)20-38(6)35(3,4)5)29-18-33(40-7)37-19-30(29)36/h8,11-12,14,16-19,21,24,31,34H,9-10,13,15,20H2,1-7H3/t21-,31?,34+/m1/s1. The largest absolute Gasteiger partial charge is 0.485 e. The Morgan fingerprint density at radius 1 is 1.12 bits per heavy atom. The molecule has 1 aliphatic carbocycles. The van der Waals surface area contributed by atoms with E-state index in [0.717, 1.165) is 35.3 Å². The van der Waals surface area contributed by atoms with Crippen LogP contribution in [0.25, 0.3) is 11.1 Å². The van der Waals surface area contributed by atoms with Gasteiger partial charge in [0.05, 0.1) is 13.3 Å². The van der Waals surface area contributed by atoms with Crippen LogP contribution in [0.3, 0.4) is 0 Å². The van der Waals surface area contributed by atoms with Crippen molar-refractivity contribution in [2.24, 2.45) is 11.8 Å². The Labute approximate surface area is 244 Å². The summed E-state index contributed by atoms with van der Waals surface area (Å²) in [7, 11) is 3.63. The zero-order valence-corrected chi connectivity index (χ0v) is 25.5. The van der Waals surface area contributed by atoms with E-state index in [0.29, 0.717) is 23.9 Å². The zero-order valence-electron chi connectivity index (χ0n) is 25.5. The number of rotatable bonds is 9. The van der Waals surface area contributed by atoms with E-state index in [1.165, 1.54) is 30.2 Å². The van der Waals surface area contributed by atoms with Gasteiger partial charge in [-0.25, -0.2) is 9.37 Å². The van der Waals surface area contributed by atoms with E-state index < -0.39 is 0 Å². The van der Waals surface area contributed by atoms with E-state index >= 15 is 4.39 Å². The molecule has 2 aliphatic rings. The van der Waals surface area contributed by atoms with Crippen LogP contribution in [-0.2, 0) is 17.8 Å². The number of carbonyl (C=O) groups excluding carboxylic acids is 1. The van der Waals surface area contributed by atoms with Gasteiger partial charge in [0.1, 0.15) is 23.5 Å². The maximum absolute atomic E-state index is 15.1. The minimum atomic E-state index is -0.376. The Balaban J connectivity index is 1.48. The van der Waals surface area contributed by atoms with Gasteiger partial charge in [-0.15, -0.1) is 0 Å². The summed E-state index contributed by atoms with van der Waals surface area (Å²) < 4.78 is 27.0. The number of nitrogens with zero attached hydrogens (tertiary/aromatic N) is 2. The minimum Gasteiger partial charge on any atom is -0.485 e. The number of Topliss-reactive ketones (excluding diaryl/α,β-unsaturated/α-hetero) is 1. The average molecular weight is 559 g/mol. The molecule has 0 radical (unpaired) electrons. The summed E-state index contributed by atoms with van der Waals surface area (Å²) in [4.78, 5) is 18.6. The van der Waals surface area contributed by atoms with Crippen LogP contribution >= 0.6 is 0 Å². The Kier molecular flexibility index (Phi) is 8.24. The fourth-order valence-corrected chi connectivity index (χ4v) is 5.94. The summed E-state index contributed by atoms with van der Waals surface area (Å²) in [5.41, 5.74) is 5.77. The fraction of sp³-hybridized carbons (Fsp3) is 0.486. The third-order valence-corrected chi connectivity index (χ3v) is 9.11. The highest BCUT2D eigenvalue weighted by Crippen LogP contribution is 2.48. The van der Waals surface area contributed by atoms with E-state index in [4.69, 9.17) is 9.47 Å². The Morgan fingerprint density at radius 3 is 2.54 bits per heavy atom. The lowest BCUT2D eigenvalue weighted by Crippen LogP contribution is -2.37. The average Bonchev–Trinajstić information content (AvgIpc) is 3.78. The number of halogens is 1. The number of ether oxygens (including phenoxy) is 2. The predicted molar refractivity (Wildman–Crippen MR) is 161 cm³/mol. The lowest BCUT2D eigenvalue weighted by molar-refractivity contribution is -0.121. The van der Waals surface area contributed by atoms with Crippen molar-refractivity contribution in [1.29, 1.82) is 0 Å². The predicted octanol–water partition coefficient (Wildman–Crippen LogP) is 7.91. The summed E-state index contributed by atoms with van der Waals surface area (Å²) in [6.07, 6.45) is 5.28. The maximum atomic E-state index is 15.1. The van der Waals surface area contributed by atoms with E-state index in [9.17, 15) is 4.79 Å². The molecule has 0 spiro atoms. The van der Waals surface area contributed by atoms with Gasteiger partial charge in [0.25, 0.3) is 0 Å². The molecule has 218 valence electrons. The van der Waals surface area contributed by atoms with Crippen LogP contribution in [0.15, 0.2) is 48.7 Å². The van der Waals surface area contributed by atoms with Crippen LogP contribution in [0, 0.1) is 17.7 Å². The van der Waals surface area contributed by atoms with Gasteiger partial charge in [-0.3, -0.25) is 9.69 Å². The molecule has 6 heteroatoms. The quantitative estimate of drug-likeness (QED) is 0.267. The smallest absolute Gasteiger partial charge is 0.213 e. The number of methoxy groups -OCH3 is 1. The third-order valence-electron chi connectivity index (χ3n) is 9.11. The van der Waals surface area contributed by atoms with Crippen LogP contribution in [0.5, 0.6) is 11.6 Å². The first-order valence-corrected chi connectivity index (χ1v) is 14.8. The summed E-state index contributed by atoms with van der Waals surface area (Å²) >= 11 is 0. The number of hydrogen-bond donors (Lipinski definition) is 0. The highest BCUT2D eigenvalue weighted by molar-refractivity contribution is 5.79. The number of benzene rings is 2. The highest BCUT2D eigenvalue weighted by Gasteiger charge is 2.38. The van der Waals surface area contributed by atoms with Gasteiger partial charge in [0.2, 0.25) is 5.88 Å². The molecular formula is C35H43FN2O3. The normalized spacial score (nSPS) is 18.4. The van der Waals surface area contributed by atoms with Crippen LogP contribution in [0.4, 0.5) is 4.39 Å². The van der Waals surface area contributed by atoms with E-state index in [-0.39, 0.29) is 35.1 Å². The molecule has 2 aromatic carbocycles. The second-order valence-electron chi connectivity index (χ2n) is 12.9. The molecule has 1 unspecified atom stereocenters. The van der Waals surface area contributed by atoms with Crippen molar-refractivity contribution < 1.29 is 18.7 Å². The number of fused-ring (bicyclic) bond motifs is 1. The Hall–Kier alpha value is -3.25. The van der Waals surface area contributed by atoms with Gasteiger partial charge in [0.15, 0.2) is 0 Å². The lowest BCUT2D eigenvalue weighted by Gasteiger charge is -2.33. The molecule has 3 aromatic rings. The van der Waals surface area contributed by atoms with Crippen molar-refractivity contribution in [2.75, 3.05) is 14.2 Å². The molecule has 0 bridgehead atoms. The molecule has 1 aromatic heterocycles. The SMILES string of the molecule is COc1cc(-c2ccc(C3CCc4ccc([C@H](C5CC5)[C@H](C)C(C)=O)cc4O3)cc2CN(C)C(C)(C)C)c(F)cn1. The minimum absolute atomic E-state index is 0.00190. The van der Waals surface area contributed by atoms with E-state index in [2.05, 4.69) is 75.0 Å². The monoisotopic (exact) mass is 558 g/mol. The number of aromatic nitrogens is 1. The van der Waals surface area contributed by atoms with Gasteiger partial charge >= 0.3 is 0 Å². The Bertz CT molecular complexity index is 1430. The van der Waals surface area contributed by atoms with Gasteiger partial charge in [-0.2, -0.15) is 0 Å². The van der Waals surface area contributed by atoms with Crippen molar-refractivity contribution in [3.8, 4) is 22.8 Å². The molecular weight excluding hydrogens is 515 g/mol. The van der Waals surface area contributed by atoms with Crippen molar-refractivity contribution in [3.05, 3.63) is 76.7 Å². The molecule has 5 rings (SSSR count). The second kappa shape index (κ2) is 11.6. The zero-order chi connectivity index (χ0) is 29.5. The molecule has 0 amide bonds. The molecule has 1 saturated carbocycles. The van der Waals surface area contributed by atoms with Crippen LogP contribution in [0.1, 0.15) is 88.2 Å². The highest BCUT2D eigenvalue weighted by atomic mass is 19.1. The first-order chi connectivity index (χ1) is 19.5. The fourth-order valence-electron chi connectivity index (χ4n) is 5.94. The van der Waals surface area contributed by atoms with E-state index in [1.54, 1.807) is 20.1 Å². The summed E-state index contributed by atoms with van der Waals surface area (Å²) in [5, 5.41) is 0. The van der Waals surface area contributed by atoms with Crippen molar-refractivity contribution >= 4 is 5.78 Å². The molecule has 2 heterocycles. The van der Waals surface area contributed by atoms with Crippen LogP contribution in [0.2, 0.25) is 0 Å². The number of hydrogen-bond acceptors (Lipinski definition) is 5. The number of pyridine rings is 1.